The average Bonchev–Trinajstić information content (AvgIpc) is 2.92. The lowest BCUT2D eigenvalue weighted by atomic mass is 10.1. The van der Waals surface area contributed by atoms with Gasteiger partial charge in [0.2, 0.25) is 0 Å². The second kappa shape index (κ2) is 9.19. The molecule has 1 aliphatic rings. The van der Waals surface area contributed by atoms with Gasteiger partial charge in [-0.15, -0.1) is 10.2 Å². The number of benzene rings is 1. The van der Waals surface area contributed by atoms with Gasteiger partial charge in [-0.3, -0.25) is 0 Å². The van der Waals surface area contributed by atoms with E-state index in [9.17, 15) is 5.26 Å². The number of unbranched alkanes of at least 4 members (excludes halogenated alkanes) is 2. The predicted octanol–water partition coefficient (Wildman–Crippen LogP) is 4.64. The Morgan fingerprint density at radius 3 is 2.81 bits per heavy atom. The lowest BCUT2D eigenvalue weighted by Gasteiger charge is -2.07. The molecule has 0 N–H and O–H groups in total. The van der Waals surface area contributed by atoms with Gasteiger partial charge in [-0.2, -0.15) is 5.26 Å². The predicted molar refractivity (Wildman–Crippen MR) is 103 cm³/mol. The molecule has 0 amide bonds. The van der Waals surface area contributed by atoms with E-state index in [1.165, 1.54) is 19.3 Å². The fraction of sp³-hybridized carbons (Fsp3) is 0.476. The first-order chi connectivity index (χ1) is 12.8. The molecule has 0 saturated heterocycles. The Morgan fingerprint density at radius 1 is 1.19 bits per heavy atom. The Morgan fingerprint density at radius 2 is 2.04 bits per heavy atom. The van der Waals surface area contributed by atoms with Gasteiger partial charge in [0.05, 0.1) is 12.2 Å². The molecule has 0 atom stereocenters. The van der Waals surface area contributed by atoms with Gasteiger partial charge in [0, 0.05) is 13.0 Å². The van der Waals surface area contributed by atoms with Crippen molar-refractivity contribution in [2.24, 2.45) is 0 Å². The zero-order valence-corrected chi connectivity index (χ0v) is 15.4. The molecule has 26 heavy (non-hydrogen) atoms. The standard InChI is InChI=1S/C21H26N4O/c1-2-3-7-14-26-19-11-9-17(10-12-19)15-18(16-22)21-24-23-20-8-5-4-6-13-25(20)21/h9-12,15H,2-8,13-14H2,1H3/b18-15-. The third-order valence-electron chi connectivity index (χ3n) is 4.68. The number of rotatable bonds is 7. The summed E-state index contributed by atoms with van der Waals surface area (Å²) in [7, 11) is 0. The molecule has 0 spiro atoms. The molecule has 0 aliphatic carbocycles. The Bertz CT molecular complexity index is 783. The second-order valence-corrected chi connectivity index (χ2v) is 6.70. The molecule has 5 heteroatoms. The van der Waals surface area contributed by atoms with E-state index >= 15 is 0 Å². The Balaban J connectivity index is 1.73. The first kappa shape index (κ1) is 18.2. The minimum absolute atomic E-state index is 0.558. The van der Waals surface area contributed by atoms with Gasteiger partial charge in [0.25, 0.3) is 0 Å². The van der Waals surface area contributed by atoms with E-state index in [2.05, 4.69) is 27.8 Å². The van der Waals surface area contributed by atoms with Crippen LogP contribution in [0.3, 0.4) is 0 Å². The van der Waals surface area contributed by atoms with Gasteiger partial charge in [-0.05, 0) is 43.0 Å². The minimum atomic E-state index is 0.558. The molecule has 136 valence electrons. The number of hydrogen-bond donors (Lipinski definition) is 0. The van der Waals surface area contributed by atoms with Crippen molar-refractivity contribution >= 4 is 11.6 Å². The van der Waals surface area contributed by atoms with E-state index in [-0.39, 0.29) is 0 Å². The molecule has 0 fully saturated rings. The number of nitriles is 1. The molecule has 2 heterocycles. The van der Waals surface area contributed by atoms with Crippen molar-refractivity contribution < 1.29 is 4.74 Å². The topological polar surface area (TPSA) is 63.7 Å². The van der Waals surface area contributed by atoms with E-state index in [0.717, 1.165) is 56.0 Å². The van der Waals surface area contributed by atoms with Crippen LogP contribution in [0.1, 0.15) is 62.7 Å². The molecule has 2 aromatic rings. The number of ether oxygens (including phenoxy) is 1. The molecule has 0 unspecified atom stereocenters. The largest absolute Gasteiger partial charge is 0.494 e. The van der Waals surface area contributed by atoms with E-state index < -0.39 is 0 Å². The fourth-order valence-corrected chi connectivity index (χ4v) is 3.20. The van der Waals surface area contributed by atoms with Gasteiger partial charge in [-0.1, -0.05) is 38.3 Å². The van der Waals surface area contributed by atoms with Crippen LogP contribution in [0.2, 0.25) is 0 Å². The summed E-state index contributed by atoms with van der Waals surface area (Å²) >= 11 is 0. The summed E-state index contributed by atoms with van der Waals surface area (Å²) in [6, 6.07) is 10.2. The lowest BCUT2D eigenvalue weighted by Crippen LogP contribution is -2.05. The van der Waals surface area contributed by atoms with E-state index in [0.29, 0.717) is 11.4 Å². The van der Waals surface area contributed by atoms with Crippen molar-refractivity contribution in [1.29, 1.82) is 5.26 Å². The van der Waals surface area contributed by atoms with E-state index in [1.54, 1.807) is 0 Å². The van der Waals surface area contributed by atoms with Crippen molar-refractivity contribution in [3.63, 3.8) is 0 Å². The molecule has 5 nitrogen and oxygen atoms in total. The Kier molecular flexibility index (Phi) is 6.43. The Hall–Kier alpha value is -2.61. The summed E-state index contributed by atoms with van der Waals surface area (Å²) in [5, 5.41) is 18.2. The number of aryl methyl sites for hydroxylation is 1. The third-order valence-corrected chi connectivity index (χ3v) is 4.68. The maximum atomic E-state index is 9.63. The van der Waals surface area contributed by atoms with Crippen LogP contribution >= 0.6 is 0 Å². The fourth-order valence-electron chi connectivity index (χ4n) is 3.20. The summed E-state index contributed by atoms with van der Waals surface area (Å²) in [6.07, 6.45) is 9.73. The number of allylic oxidation sites excluding steroid dienone is 1. The Labute approximate surface area is 155 Å². The van der Waals surface area contributed by atoms with Crippen molar-refractivity contribution in [2.75, 3.05) is 6.61 Å². The highest BCUT2D eigenvalue weighted by Gasteiger charge is 2.17. The molecule has 1 aromatic heterocycles. The van der Waals surface area contributed by atoms with Crippen molar-refractivity contribution in [3.05, 3.63) is 41.5 Å². The summed E-state index contributed by atoms with van der Waals surface area (Å²) < 4.78 is 7.85. The first-order valence-corrected chi connectivity index (χ1v) is 9.59. The number of aromatic nitrogens is 3. The van der Waals surface area contributed by atoms with Gasteiger partial charge < -0.3 is 9.30 Å². The molecule has 1 aliphatic heterocycles. The molecule has 3 rings (SSSR count). The highest BCUT2D eigenvalue weighted by molar-refractivity contribution is 5.87. The average molecular weight is 350 g/mol. The van der Waals surface area contributed by atoms with Crippen LogP contribution in [0.4, 0.5) is 0 Å². The second-order valence-electron chi connectivity index (χ2n) is 6.70. The van der Waals surface area contributed by atoms with E-state index in [1.807, 2.05) is 30.3 Å². The zero-order chi connectivity index (χ0) is 18.2. The van der Waals surface area contributed by atoms with Crippen LogP contribution in [0.15, 0.2) is 24.3 Å². The molecular formula is C21H26N4O. The quantitative estimate of drug-likeness (QED) is 0.539. The maximum absolute atomic E-state index is 9.63. The van der Waals surface area contributed by atoms with Crippen LogP contribution in [0.5, 0.6) is 5.75 Å². The number of hydrogen-bond acceptors (Lipinski definition) is 4. The number of fused-ring (bicyclic) bond motifs is 1. The van der Waals surface area contributed by atoms with Crippen molar-refractivity contribution in [1.82, 2.24) is 14.8 Å². The summed E-state index contributed by atoms with van der Waals surface area (Å²) in [6.45, 7) is 3.82. The maximum Gasteiger partial charge on any atom is 0.174 e. The van der Waals surface area contributed by atoms with E-state index in [4.69, 9.17) is 4.74 Å². The zero-order valence-electron chi connectivity index (χ0n) is 15.4. The van der Waals surface area contributed by atoms with Crippen LogP contribution in [0.25, 0.3) is 11.6 Å². The highest BCUT2D eigenvalue weighted by atomic mass is 16.5. The van der Waals surface area contributed by atoms with Crippen molar-refractivity contribution in [2.45, 2.75) is 58.4 Å². The molecule has 0 radical (unpaired) electrons. The van der Waals surface area contributed by atoms with Gasteiger partial charge >= 0.3 is 0 Å². The van der Waals surface area contributed by atoms with Gasteiger partial charge in [-0.25, -0.2) is 0 Å². The molecule has 1 aromatic carbocycles. The highest BCUT2D eigenvalue weighted by Crippen LogP contribution is 2.22. The van der Waals surface area contributed by atoms with Gasteiger partial charge in [0.1, 0.15) is 17.6 Å². The van der Waals surface area contributed by atoms with Crippen LogP contribution in [0, 0.1) is 11.3 Å². The van der Waals surface area contributed by atoms with Crippen LogP contribution in [-0.2, 0) is 13.0 Å². The van der Waals surface area contributed by atoms with Gasteiger partial charge in [0.15, 0.2) is 5.82 Å². The van der Waals surface area contributed by atoms with Crippen LogP contribution < -0.4 is 4.74 Å². The monoisotopic (exact) mass is 350 g/mol. The third kappa shape index (κ3) is 4.51. The molecule has 0 saturated carbocycles. The molecular weight excluding hydrogens is 324 g/mol. The summed E-state index contributed by atoms with van der Waals surface area (Å²) in [5.41, 5.74) is 1.52. The molecule has 0 bridgehead atoms. The SMILES string of the molecule is CCCCCOc1ccc(/C=C(/C#N)c2nnc3n2CCCCC3)cc1. The van der Waals surface area contributed by atoms with Crippen LogP contribution in [-0.4, -0.2) is 21.4 Å². The first-order valence-electron chi connectivity index (χ1n) is 9.59. The summed E-state index contributed by atoms with van der Waals surface area (Å²) in [5.74, 6) is 2.55. The smallest absolute Gasteiger partial charge is 0.174 e. The number of nitrogens with zero attached hydrogens (tertiary/aromatic N) is 4. The normalized spacial score (nSPS) is 14.4. The van der Waals surface area contributed by atoms with Crippen molar-refractivity contribution in [3.8, 4) is 11.8 Å². The lowest BCUT2D eigenvalue weighted by molar-refractivity contribution is 0.306. The minimum Gasteiger partial charge on any atom is -0.494 e. The summed E-state index contributed by atoms with van der Waals surface area (Å²) in [4.78, 5) is 0.